The van der Waals surface area contributed by atoms with E-state index in [-0.39, 0.29) is 0 Å². The maximum absolute atomic E-state index is 4.58. The van der Waals surface area contributed by atoms with Gasteiger partial charge in [-0.15, -0.1) is 0 Å². The molecule has 0 spiro atoms. The molecule has 0 amide bonds. The van der Waals surface area contributed by atoms with Crippen LogP contribution in [-0.4, -0.2) is 29.1 Å². The third-order valence-electron chi connectivity index (χ3n) is 3.40. The van der Waals surface area contributed by atoms with Gasteiger partial charge < -0.3 is 10.2 Å². The van der Waals surface area contributed by atoms with E-state index in [0.717, 1.165) is 24.9 Å². The molecule has 4 nitrogen and oxygen atoms in total. The minimum Gasteiger partial charge on any atom is -0.367 e. The Morgan fingerprint density at radius 2 is 2.00 bits per heavy atom. The molecule has 0 unspecified atom stereocenters. The van der Waals surface area contributed by atoms with Gasteiger partial charge in [0.25, 0.3) is 0 Å². The van der Waals surface area contributed by atoms with E-state index in [1.165, 1.54) is 25.7 Å². The van der Waals surface area contributed by atoms with Gasteiger partial charge >= 0.3 is 0 Å². The molecule has 1 saturated carbocycles. The fraction of sp³-hybridized carbons (Fsp3) is 0.692. The molecule has 0 aromatic carbocycles. The predicted octanol–water partition coefficient (Wildman–Crippen LogP) is 2.68. The quantitative estimate of drug-likeness (QED) is 0.850. The fourth-order valence-corrected chi connectivity index (χ4v) is 2.37. The Hall–Kier alpha value is -1.32. The van der Waals surface area contributed by atoms with Crippen LogP contribution in [0.1, 0.15) is 39.5 Å². The first kappa shape index (κ1) is 12.1. The van der Waals surface area contributed by atoms with Crippen molar-refractivity contribution in [2.24, 2.45) is 0 Å². The lowest BCUT2D eigenvalue weighted by Gasteiger charge is -2.19. The summed E-state index contributed by atoms with van der Waals surface area (Å²) in [4.78, 5) is 11.1. The van der Waals surface area contributed by atoms with Crippen molar-refractivity contribution in [1.82, 2.24) is 9.97 Å². The monoisotopic (exact) mass is 234 g/mol. The lowest BCUT2D eigenvalue weighted by Crippen LogP contribution is -2.25. The van der Waals surface area contributed by atoms with Gasteiger partial charge in [-0.05, 0) is 32.8 Å². The van der Waals surface area contributed by atoms with Crippen molar-refractivity contribution in [3.05, 3.63) is 12.3 Å². The molecule has 0 radical (unpaired) electrons. The first-order valence-electron chi connectivity index (χ1n) is 6.68. The Morgan fingerprint density at radius 1 is 1.29 bits per heavy atom. The third kappa shape index (κ3) is 3.08. The summed E-state index contributed by atoms with van der Waals surface area (Å²) < 4.78 is 0. The minimum atomic E-state index is 0.606. The second-order valence-corrected chi connectivity index (χ2v) is 4.54. The van der Waals surface area contributed by atoms with Gasteiger partial charge in [0.05, 0.1) is 0 Å². The first-order chi connectivity index (χ1) is 8.33. The van der Waals surface area contributed by atoms with Crippen LogP contribution in [0.3, 0.4) is 0 Å². The van der Waals surface area contributed by atoms with Crippen molar-refractivity contribution in [2.75, 3.05) is 23.3 Å². The van der Waals surface area contributed by atoms with Crippen LogP contribution in [0, 0.1) is 0 Å². The van der Waals surface area contributed by atoms with Gasteiger partial charge in [-0.3, -0.25) is 0 Å². The van der Waals surface area contributed by atoms with Crippen molar-refractivity contribution in [2.45, 2.75) is 45.6 Å². The van der Waals surface area contributed by atoms with Crippen LogP contribution in [0.5, 0.6) is 0 Å². The maximum atomic E-state index is 4.58. The van der Waals surface area contributed by atoms with Gasteiger partial charge in [-0.25, -0.2) is 4.98 Å². The molecule has 17 heavy (non-hydrogen) atoms. The Bertz CT molecular complexity index is 343. The standard InChI is InChI=1S/C13H22N4/c1-3-17(4-2)13-14-10-9-12(16-13)15-11-7-5-6-8-11/h9-11H,3-8H2,1-2H3,(H,14,15,16). The van der Waals surface area contributed by atoms with E-state index in [2.05, 4.69) is 34.0 Å². The van der Waals surface area contributed by atoms with E-state index in [0.29, 0.717) is 6.04 Å². The van der Waals surface area contributed by atoms with E-state index >= 15 is 0 Å². The second-order valence-electron chi connectivity index (χ2n) is 4.54. The zero-order valence-electron chi connectivity index (χ0n) is 10.8. The van der Waals surface area contributed by atoms with Crippen LogP contribution < -0.4 is 10.2 Å². The lowest BCUT2D eigenvalue weighted by molar-refractivity contribution is 0.746. The summed E-state index contributed by atoms with van der Waals surface area (Å²) in [6.07, 6.45) is 7.06. The second kappa shape index (κ2) is 5.84. The van der Waals surface area contributed by atoms with Crippen molar-refractivity contribution >= 4 is 11.8 Å². The van der Waals surface area contributed by atoms with Gasteiger partial charge in [-0.2, -0.15) is 4.98 Å². The molecule has 0 atom stereocenters. The molecule has 1 aliphatic rings. The highest BCUT2D eigenvalue weighted by atomic mass is 15.3. The van der Waals surface area contributed by atoms with Crippen molar-refractivity contribution in [3.63, 3.8) is 0 Å². The van der Waals surface area contributed by atoms with Gasteiger partial charge in [0.2, 0.25) is 5.95 Å². The average Bonchev–Trinajstić information content (AvgIpc) is 2.84. The van der Waals surface area contributed by atoms with E-state index in [4.69, 9.17) is 0 Å². The number of aromatic nitrogens is 2. The Labute approximate surface area is 103 Å². The van der Waals surface area contributed by atoms with Crippen LogP contribution in [0.4, 0.5) is 11.8 Å². The molecule has 4 heteroatoms. The summed E-state index contributed by atoms with van der Waals surface area (Å²) in [6.45, 7) is 6.15. The molecule has 2 rings (SSSR count). The molecular formula is C13H22N4. The molecule has 1 fully saturated rings. The molecule has 0 bridgehead atoms. The number of hydrogen-bond donors (Lipinski definition) is 1. The van der Waals surface area contributed by atoms with Crippen molar-refractivity contribution in [1.29, 1.82) is 0 Å². The molecule has 1 aromatic heterocycles. The number of rotatable bonds is 5. The van der Waals surface area contributed by atoms with Crippen LogP contribution in [0.25, 0.3) is 0 Å². The van der Waals surface area contributed by atoms with Gasteiger partial charge in [0, 0.05) is 25.3 Å². The molecule has 0 saturated heterocycles. The molecule has 1 N–H and O–H groups in total. The maximum Gasteiger partial charge on any atom is 0.227 e. The zero-order valence-corrected chi connectivity index (χ0v) is 10.8. The number of nitrogens with zero attached hydrogens (tertiary/aromatic N) is 3. The van der Waals surface area contributed by atoms with Gasteiger partial charge in [0.1, 0.15) is 5.82 Å². The molecule has 0 aliphatic heterocycles. The predicted molar refractivity (Wildman–Crippen MR) is 71.5 cm³/mol. The Balaban J connectivity index is 2.04. The van der Waals surface area contributed by atoms with Gasteiger partial charge in [-0.1, -0.05) is 12.8 Å². The largest absolute Gasteiger partial charge is 0.367 e. The van der Waals surface area contributed by atoms with E-state index < -0.39 is 0 Å². The summed E-state index contributed by atoms with van der Waals surface area (Å²) in [5.41, 5.74) is 0. The highest BCUT2D eigenvalue weighted by Gasteiger charge is 2.15. The summed E-state index contributed by atoms with van der Waals surface area (Å²) >= 11 is 0. The van der Waals surface area contributed by atoms with Crippen LogP contribution >= 0.6 is 0 Å². The lowest BCUT2D eigenvalue weighted by atomic mass is 10.2. The van der Waals surface area contributed by atoms with Crippen LogP contribution in [-0.2, 0) is 0 Å². The normalized spacial score (nSPS) is 16.1. The molecular weight excluding hydrogens is 212 g/mol. The van der Waals surface area contributed by atoms with E-state index in [1.807, 2.05) is 12.3 Å². The smallest absolute Gasteiger partial charge is 0.227 e. The highest BCUT2D eigenvalue weighted by Crippen LogP contribution is 2.21. The third-order valence-corrected chi connectivity index (χ3v) is 3.40. The first-order valence-corrected chi connectivity index (χ1v) is 6.68. The molecule has 94 valence electrons. The van der Waals surface area contributed by atoms with Crippen molar-refractivity contribution < 1.29 is 0 Å². The molecule has 1 aliphatic carbocycles. The SMILES string of the molecule is CCN(CC)c1nccc(NC2CCCC2)n1. The summed E-state index contributed by atoms with van der Waals surface area (Å²) in [7, 11) is 0. The summed E-state index contributed by atoms with van der Waals surface area (Å²) in [5.74, 6) is 1.80. The summed E-state index contributed by atoms with van der Waals surface area (Å²) in [5, 5.41) is 3.51. The minimum absolute atomic E-state index is 0.606. The van der Waals surface area contributed by atoms with E-state index in [9.17, 15) is 0 Å². The number of anilines is 2. The topological polar surface area (TPSA) is 41.1 Å². The summed E-state index contributed by atoms with van der Waals surface area (Å²) in [6, 6.07) is 2.57. The number of hydrogen-bond acceptors (Lipinski definition) is 4. The number of nitrogens with one attached hydrogen (secondary N) is 1. The zero-order chi connectivity index (χ0) is 12.1. The highest BCUT2D eigenvalue weighted by molar-refractivity contribution is 5.41. The molecule has 1 heterocycles. The molecule has 1 aromatic rings. The Morgan fingerprint density at radius 3 is 2.65 bits per heavy atom. The van der Waals surface area contributed by atoms with Crippen LogP contribution in [0.15, 0.2) is 12.3 Å². The van der Waals surface area contributed by atoms with Crippen molar-refractivity contribution in [3.8, 4) is 0 Å². The Kier molecular flexibility index (Phi) is 4.18. The van der Waals surface area contributed by atoms with Gasteiger partial charge in [0.15, 0.2) is 0 Å². The fourth-order valence-electron chi connectivity index (χ4n) is 2.37. The van der Waals surface area contributed by atoms with E-state index in [1.54, 1.807) is 0 Å². The average molecular weight is 234 g/mol. The van der Waals surface area contributed by atoms with Crippen LogP contribution in [0.2, 0.25) is 0 Å².